The topological polar surface area (TPSA) is 75.3 Å². The minimum Gasteiger partial charge on any atom is -0.507 e. The summed E-state index contributed by atoms with van der Waals surface area (Å²) in [4.78, 5) is 12.2. The van der Waals surface area contributed by atoms with E-state index < -0.39 is 0 Å². The number of anilines is 2. The molecule has 4 N–H and O–H groups in total. The number of benzene rings is 2. The summed E-state index contributed by atoms with van der Waals surface area (Å²) in [6, 6.07) is 8.57. The first-order valence-electron chi connectivity index (χ1n) is 6.36. The maximum absolute atomic E-state index is 12.2. The molecule has 0 unspecified atom stereocenters. The number of amides is 1. The zero-order valence-corrected chi connectivity index (χ0v) is 11.8. The van der Waals surface area contributed by atoms with Crippen molar-refractivity contribution in [2.75, 3.05) is 11.1 Å². The number of hydrogen-bond donors (Lipinski definition) is 3. The van der Waals surface area contributed by atoms with Gasteiger partial charge in [-0.25, -0.2) is 0 Å². The average molecular weight is 270 g/mol. The summed E-state index contributed by atoms with van der Waals surface area (Å²) in [5.41, 5.74) is 10.2. The lowest BCUT2D eigenvalue weighted by atomic mass is 10.1. The molecule has 1 amide bonds. The molecule has 0 bridgehead atoms. The number of aryl methyl sites for hydroxylation is 3. The number of nitrogens with two attached hydrogens (primary N) is 1. The average Bonchev–Trinajstić information content (AvgIpc) is 2.38. The number of phenols is 1. The van der Waals surface area contributed by atoms with E-state index in [1.54, 1.807) is 18.2 Å². The number of hydrogen-bond acceptors (Lipinski definition) is 3. The lowest BCUT2D eigenvalue weighted by molar-refractivity contribution is 0.102. The van der Waals surface area contributed by atoms with Crippen molar-refractivity contribution in [2.24, 2.45) is 0 Å². The molecule has 4 nitrogen and oxygen atoms in total. The third kappa shape index (κ3) is 2.74. The molecule has 0 saturated heterocycles. The molecule has 0 heterocycles. The van der Waals surface area contributed by atoms with Crippen molar-refractivity contribution in [1.29, 1.82) is 0 Å². The monoisotopic (exact) mass is 270 g/mol. The molecule has 0 saturated carbocycles. The van der Waals surface area contributed by atoms with E-state index in [-0.39, 0.29) is 17.2 Å². The van der Waals surface area contributed by atoms with Crippen molar-refractivity contribution in [2.45, 2.75) is 20.8 Å². The Morgan fingerprint density at radius 2 is 1.80 bits per heavy atom. The van der Waals surface area contributed by atoms with Crippen LogP contribution in [0.5, 0.6) is 5.75 Å². The first-order valence-corrected chi connectivity index (χ1v) is 6.36. The fourth-order valence-electron chi connectivity index (χ4n) is 2.03. The van der Waals surface area contributed by atoms with E-state index in [1.807, 2.05) is 26.8 Å². The lowest BCUT2D eigenvalue weighted by Gasteiger charge is -2.12. The normalized spacial score (nSPS) is 10.3. The van der Waals surface area contributed by atoms with Gasteiger partial charge >= 0.3 is 0 Å². The Hall–Kier alpha value is -2.49. The standard InChI is InChI=1S/C16H18N2O2/c1-9-4-5-15(19)12(6-9)16(20)18-14-8-13(17)10(2)7-11(14)3/h4-8,19H,17H2,1-3H3,(H,18,20). The highest BCUT2D eigenvalue weighted by atomic mass is 16.3. The summed E-state index contributed by atoms with van der Waals surface area (Å²) in [5.74, 6) is -0.386. The van der Waals surface area contributed by atoms with Gasteiger partial charge in [0.1, 0.15) is 5.75 Å². The lowest BCUT2D eigenvalue weighted by Crippen LogP contribution is -2.13. The summed E-state index contributed by atoms with van der Waals surface area (Å²) in [5, 5.41) is 12.5. The van der Waals surface area contributed by atoms with Crippen LogP contribution in [0.15, 0.2) is 30.3 Å². The van der Waals surface area contributed by atoms with E-state index in [0.717, 1.165) is 16.7 Å². The highest BCUT2D eigenvalue weighted by Crippen LogP contribution is 2.24. The van der Waals surface area contributed by atoms with Crippen LogP contribution in [0.25, 0.3) is 0 Å². The van der Waals surface area contributed by atoms with Gasteiger partial charge in [0, 0.05) is 11.4 Å². The molecule has 0 aliphatic heterocycles. The third-order valence-electron chi connectivity index (χ3n) is 3.26. The molecule has 2 aromatic rings. The molecule has 0 aliphatic rings. The molecule has 0 aliphatic carbocycles. The first kappa shape index (κ1) is 13.9. The molecular formula is C16H18N2O2. The van der Waals surface area contributed by atoms with Crippen molar-refractivity contribution in [1.82, 2.24) is 0 Å². The Balaban J connectivity index is 2.32. The van der Waals surface area contributed by atoms with Gasteiger partial charge < -0.3 is 16.2 Å². The van der Waals surface area contributed by atoms with Crippen LogP contribution in [0, 0.1) is 20.8 Å². The predicted molar refractivity (Wildman–Crippen MR) is 81.1 cm³/mol. The highest BCUT2D eigenvalue weighted by Gasteiger charge is 2.13. The van der Waals surface area contributed by atoms with Gasteiger partial charge in [0.2, 0.25) is 0 Å². The summed E-state index contributed by atoms with van der Waals surface area (Å²) in [6.45, 7) is 5.68. The zero-order valence-electron chi connectivity index (χ0n) is 11.8. The molecule has 2 rings (SSSR count). The quantitative estimate of drug-likeness (QED) is 0.734. The fourth-order valence-corrected chi connectivity index (χ4v) is 2.03. The van der Waals surface area contributed by atoms with Gasteiger partial charge in [-0.15, -0.1) is 0 Å². The van der Waals surface area contributed by atoms with Crippen molar-refractivity contribution >= 4 is 17.3 Å². The molecule has 0 radical (unpaired) electrons. The summed E-state index contributed by atoms with van der Waals surface area (Å²) in [6.07, 6.45) is 0. The van der Waals surface area contributed by atoms with Gasteiger partial charge in [-0.2, -0.15) is 0 Å². The number of nitrogens with one attached hydrogen (secondary N) is 1. The molecule has 0 aromatic heterocycles. The molecule has 0 atom stereocenters. The minimum atomic E-state index is -0.349. The molecule has 20 heavy (non-hydrogen) atoms. The molecular weight excluding hydrogens is 252 g/mol. The van der Waals surface area contributed by atoms with Crippen LogP contribution in [0.1, 0.15) is 27.0 Å². The Kier molecular flexibility index (Phi) is 3.66. The Morgan fingerprint density at radius 3 is 2.50 bits per heavy atom. The maximum atomic E-state index is 12.2. The van der Waals surface area contributed by atoms with Crippen LogP contribution < -0.4 is 11.1 Å². The summed E-state index contributed by atoms with van der Waals surface area (Å²) < 4.78 is 0. The number of phenolic OH excluding ortho intramolecular Hbond substituents is 1. The van der Waals surface area contributed by atoms with Crippen LogP contribution in [0.3, 0.4) is 0 Å². The number of aromatic hydroxyl groups is 1. The third-order valence-corrected chi connectivity index (χ3v) is 3.26. The van der Waals surface area contributed by atoms with Gasteiger partial charge in [-0.05, 0) is 50.1 Å². The SMILES string of the molecule is Cc1ccc(O)c(C(=O)Nc2cc(N)c(C)cc2C)c1. The number of carbonyl (C=O) groups excluding carboxylic acids is 1. The molecule has 4 heteroatoms. The van der Waals surface area contributed by atoms with Gasteiger partial charge in [0.15, 0.2) is 0 Å². The number of carbonyl (C=O) groups is 1. The second-order valence-corrected chi connectivity index (χ2v) is 5.00. The number of nitrogen functional groups attached to an aromatic ring is 1. The van der Waals surface area contributed by atoms with Crippen LogP contribution in [-0.4, -0.2) is 11.0 Å². The smallest absolute Gasteiger partial charge is 0.259 e. The predicted octanol–water partition coefficient (Wildman–Crippen LogP) is 3.15. The Bertz CT molecular complexity index is 678. The van der Waals surface area contributed by atoms with Crippen LogP contribution in [0.4, 0.5) is 11.4 Å². The van der Waals surface area contributed by atoms with Gasteiger partial charge in [0.25, 0.3) is 5.91 Å². The molecule has 2 aromatic carbocycles. The fraction of sp³-hybridized carbons (Fsp3) is 0.188. The first-order chi connectivity index (χ1) is 9.38. The van der Waals surface area contributed by atoms with E-state index in [1.165, 1.54) is 6.07 Å². The van der Waals surface area contributed by atoms with Crippen LogP contribution in [-0.2, 0) is 0 Å². The van der Waals surface area contributed by atoms with E-state index in [4.69, 9.17) is 5.73 Å². The zero-order chi connectivity index (χ0) is 14.9. The van der Waals surface area contributed by atoms with E-state index >= 15 is 0 Å². The van der Waals surface area contributed by atoms with Gasteiger partial charge in [-0.3, -0.25) is 4.79 Å². The molecule has 0 spiro atoms. The second-order valence-electron chi connectivity index (χ2n) is 5.00. The summed E-state index contributed by atoms with van der Waals surface area (Å²) in [7, 11) is 0. The second kappa shape index (κ2) is 5.25. The summed E-state index contributed by atoms with van der Waals surface area (Å²) >= 11 is 0. The molecule has 0 fully saturated rings. The Morgan fingerprint density at radius 1 is 1.10 bits per heavy atom. The van der Waals surface area contributed by atoms with Gasteiger partial charge in [0.05, 0.1) is 5.56 Å². The minimum absolute atomic E-state index is 0.0363. The largest absolute Gasteiger partial charge is 0.507 e. The van der Waals surface area contributed by atoms with Crippen molar-refractivity contribution in [3.63, 3.8) is 0 Å². The Labute approximate surface area is 118 Å². The van der Waals surface area contributed by atoms with E-state index in [9.17, 15) is 9.90 Å². The van der Waals surface area contributed by atoms with Crippen LogP contribution >= 0.6 is 0 Å². The van der Waals surface area contributed by atoms with Crippen LogP contribution in [0.2, 0.25) is 0 Å². The number of rotatable bonds is 2. The molecule has 104 valence electrons. The van der Waals surface area contributed by atoms with Crippen molar-refractivity contribution in [3.8, 4) is 5.75 Å². The van der Waals surface area contributed by atoms with Crippen molar-refractivity contribution in [3.05, 3.63) is 52.6 Å². The van der Waals surface area contributed by atoms with E-state index in [2.05, 4.69) is 5.32 Å². The van der Waals surface area contributed by atoms with Crippen molar-refractivity contribution < 1.29 is 9.90 Å². The van der Waals surface area contributed by atoms with E-state index in [0.29, 0.717) is 11.4 Å². The highest BCUT2D eigenvalue weighted by molar-refractivity contribution is 6.06. The maximum Gasteiger partial charge on any atom is 0.259 e. The van der Waals surface area contributed by atoms with Gasteiger partial charge in [-0.1, -0.05) is 17.7 Å².